The minimum Gasteiger partial charge on any atom is -0.475 e. The lowest BCUT2D eigenvalue weighted by molar-refractivity contribution is 0.0684. The van der Waals surface area contributed by atoms with E-state index in [0.717, 1.165) is 18.5 Å². The number of aromatic carboxylic acids is 1. The van der Waals surface area contributed by atoms with Crippen molar-refractivity contribution in [1.29, 1.82) is 0 Å². The summed E-state index contributed by atoms with van der Waals surface area (Å²) >= 11 is 3.29. The molecule has 1 aromatic rings. The number of imidazole rings is 1. The van der Waals surface area contributed by atoms with E-state index in [1.807, 2.05) is 0 Å². The van der Waals surface area contributed by atoms with Gasteiger partial charge in [-0.2, -0.15) is 0 Å². The first-order valence-electron chi connectivity index (χ1n) is 4.67. The van der Waals surface area contributed by atoms with Crippen molar-refractivity contribution in [2.45, 2.75) is 31.6 Å². The number of carboxylic acid groups (broad SMARTS) is 1. The monoisotopic (exact) mass is 258 g/mol. The maximum atomic E-state index is 10.7. The summed E-state index contributed by atoms with van der Waals surface area (Å²) in [6.07, 6.45) is 4.69. The molecule has 2 rings (SSSR count). The Balaban J connectivity index is 2.28. The average Bonchev–Trinajstić information content (AvgIpc) is 2.71. The Morgan fingerprint density at radius 3 is 2.64 bits per heavy atom. The van der Waals surface area contributed by atoms with E-state index in [9.17, 15) is 4.79 Å². The van der Waals surface area contributed by atoms with Crippen LogP contribution in [-0.4, -0.2) is 21.0 Å². The van der Waals surface area contributed by atoms with Gasteiger partial charge >= 0.3 is 5.97 Å². The van der Waals surface area contributed by atoms with Crippen LogP contribution in [0.5, 0.6) is 0 Å². The quantitative estimate of drug-likeness (QED) is 0.857. The second-order valence-corrected chi connectivity index (χ2v) is 4.33. The fourth-order valence-corrected chi connectivity index (χ4v) is 2.55. The highest BCUT2D eigenvalue weighted by Crippen LogP contribution is 2.36. The molecule has 0 unspecified atom stereocenters. The molecule has 0 bridgehead atoms. The summed E-state index contributed by atoms with van der Waals surface area (Å²) in [5.41, 5.74) is 0.944. The van der Waals surface area contributed by atoms with E-state index >= 15 is 0 Å². The maximum absolute atomic E-state index is 10.7. The van der Waals surface area contributed by atoms with Crippen LogP contribution in [0.2, 0.25) is 0 Å². The van der Waals surface area contributed by atoms with Gasteiger partial charge in [0.25, 0.3) is 0 Å². The molecule has 5 heteroatoms. The highest BCUT2D eigenvalue weighted by molar-refractivity contribution is 9.10. The number of carbonyl (C=O) groups is 1. The first kappa shape index (κ1) is 9.71. The molecule has 0 aliphatic heterocycles. The number of nitrogens with zero attached hydrogens (tertiary/aromatic N) is 1. The molecular formula is C9H11BrN2O2. The van der Waals surface area contributed by atoms with Gasteiger partial charge in [0, 0.05) is 5.92 Å². The van der Waals surface area contributed by atoms with Gasteiger partial charge in [-0.05, 0) is 28.8 Å². The first-order valence-corrected chi connectivity index (χ1v) is 5.46. The molecule has 0 atom stereocenters. The average molecular weight is 259 g/mol. The van der Waals surface area contributed by atoms with Crippen LogP contribution >= 0.6 is 15.9 Å². The van der Waals surface area contributed by atoms with E-state index in [0.29, 0.717) is 10.5 Å². The van der Waals surface area contributed by atoms with Crippen LogP contribution in [0.25, 0.3) is 0 Å². The highest BCUT2D eigenvalue weighted by Gasteiger charge is 2.23. The maximum Gasteiger partial charge on any atom is 0.371 e. The molecule has 14 heavy (non-hydrogen) atoms. The van der Waals surface area contributed by atoms with Gasteiger partial charge in [-0.25, -0.2) is 9.78 Å². The number of halogens is 1. The Morgan fingerprint density at radius 1 is 1.50 bits per heavy atom. The van der Waals surface area contributed by atoms with Gasteiger partial charge in [-0.1, -0.05) is 12.8 Å². The van der Waals surface area contributed by atoms with Crippen molar-refractivity contribution in [3.8, 4) is 0 Å². The van der Waals surface area contributed by atoms with E-state index in [2.05, 4.69) is 25.9 Å². The number of aromatic nitrogens is 2. The molecule has 1 aliphatic carbocycles. The number of aromatic amines is 1. The number of hydrogen-bond donors (Lipinski definition) is 2. The molecule has 1 saturated carbocycles. The lowest BCUT2D eigenvalue weighted by Gasteiger charge is -2.05. The molecule has 76 valence electrons. The third-order valence-electron chi connectivity index (χ3n) is 2.65. The van der Waals surface area contributed by atoms with E-state index < -0.39 is 5.97 Å². The summed E-state index contributed by atoms with van der Waals surface area (Å²) < 4.78 is 0.654. The third-order valence-corrected chi connectivity index (χ3v) is 3.26. The highest BCUT2D eigenvalue weighted by atomic mass is 79.9. The molecule has 0 aromatic carbocycles. The summed E-state index contributed by atoms with van der Waals surface area (Å²) in [6, 6.07) is 0. The number of hydrogen-bond acceptors (Lipinski definition) is 2. The third kappa shape index (κ3) is 1.68. The predicted molar refractivity (Wildman–Crippen MR) is 54.5 cm³/mol. The number of rotatable bonds is 2. The van der Waals surface area contributed by atoms with Crippen molar-refractivity contribution < 1.29 is 9.90 Å². The van der Waals surface area contributed by atoms with Crippen LogP contribution in [0.3, 0.4) is 0 Å². The van der Waals surface area contributed by atoms with Crippen molar-refractivity contribution in [2.24, 2.45) is 0 Å². The van der Waals surface area contributed by atoms with Crippen molar-refractivity contribution in [2.75, 3.05) is 0 Å². The lowest BCUT2D eigenvalue weighted by atomic mass is 10.1. The SMILES string of the molecule is O=C(O)c1nc(Br)c(C2CCCC2)[nH]1. The van der Waals surface area contributed by atoms with Gasteiger partial charge in [0.1, 0.15) is 4.60 Å². The molecule has 4 nitrogen and oxygen atoms in total. The van der Waals surface area contributed by atoms with E-state index in [1.54, 1.807) is 0 Å². The summed E-state index contributed by atoms with van der Waals surface area (Å²) in [5.74, 6) is -0.529. The molecule has 0 spiro atoms. The standard InChI is InChI=1S/C9H11BrN2O2/c10-7-6(5-3-1-2-4-5)11-8(12-7)9(13)14/h5H,1-4H2,(H,11,12)(H,13,14). The Morgan fingerprint density at radius 2 is 2.14 bits per heavy atom. The van der Waals surface area contributed by atoms with Gasteiger partial charge in [-0.15, -0.1) is 0 Å². The molecule has 1 aliphatic rings. The lowest BCUT2D eigenvalue weighted by Crippen LogP contribution is -1.99. The molecule has 1 heterocycles. The van der Waals surface area contributed by atoms with Crippen LogP contribution in [-0.2, 0) is 0 Å². The van der Waals surface area contributed by atoms with E-state index in [4.69, 9.17) is 5.11 Å². The van der Waals surface area contributed by atoms with E-state index in [1.165, 1.54) is 12.8 Å². The van der Waals surface area contributed by atoms with Gasteiger partial charge in [0.2, 0.25) is 5.82 Å². The van der Waals surface area contributed by atoms with Crippen LogP contribution in [0.1, 0.15) is 47.9 Å². The Labute approximate surface area is 89.9 Å². The van der Waals surface area contributed by atoms with Gasteiger partial charge in [-0.3, -0.25) is 0 Å². The largest absolute Gasteiger partial charge is 0.475 e. The van der Waals surface area contributed by atoms with E-state index in [-0.39, 0.29) is 5.82 Å². The molecule has 2 N–H and O–H groups in total. The molecular weight excluding hydrogens is 248 g/mol. The molecule has 1 aromatic heterocycles. The number of H-pyrrole nitrogens is 1. The smallest absolute Gasteiger partial charge is 0.371 e. The Hall–Kier alpha value is -0.840. The minimum atomic E-state index is -1.00. The van der Waals surface area contributed by atoms with Gasteiger partial charge in [0.15, 0.2) is 0 Å². The van der Waals surface area contributed by atoms with Crippen molar-refractivity contribution in [3.63, 3.8) is 0 Å². The van der Waals surface area contributed by atoms with Crippen molar-refractivity contribution >= 4 is 21.9 Å². The van der Waals surface area contributed by atoms with Crippen molar-refractivity contribution in [3.05, 3.63) is 16.1 Å². The summed E-state index contributed by atoms with van der Waals surface area (Å²) in [7, 11) is 0. The summed E-state index contributed by atoms with van der Waals surface area (Å²) in [4.78, 5) is 17.4. The van der Waals surface area contributed by atoms with Crippen LogP contribution in [0.4, 0.5) is 0 Å². The summed E-state index contributed by atoms with van der Waals surface area (Å²) in [5, 5.41) is 8.75. The molecule has 0 saturated heterocycles. The molecule has 0 radical (unpaired) electrons. The summed E-state index contributed by atoms with van der Waals surface area (Å²) in [6.45, 7) is 0. The number of nitrogens with one attached hydrogen (secondary N) is 1. The topological polar surface area (TPSA) is 66.0 Å². The fourth-order valence-electron chi connectivity index (χ4n) is 1.95. The van der Waals surface area contributed by atoms with Gasteiger partial charge < -0.3 is 10.1 Å². The van der Waals surface area contributed by atoms with Crippen LogP contribution < -0.4 is 0 Å². The zero-order valence-electron chi connectivity index (χ0n) is 7.59. The van der Waals surface area contributed by atoms with Crippen LogP contribution in [0, 0.1) is 0 Å². The Bertz CT molecular complexity index is 356. The zero-order valence-corrected chi connectivity index (χ0v) is 9.17. The van der Waals surface area contributed by atoms with Crippen molar-refractivity contribution in [1.82, 2.24) is 9.97 Å². The van der Waals surface area contributed by atoms with Crippen LogP contribution in [0.15, 0.2) is 4.60 Å². The predicted octanol–water partition coefficient (Wildman–Crippen LogP) is 2.53. The zero-order chi connectivity index (χ0) is 10.1. The number of carboxylic acids is 1. The molecule has 0 amide bonds. The van der Waals surface area contributed by atoms with Gasteiger partial charge in [0.05, 0.1) is 5.69 Å². The fraction of sp³-hybridized carbons (Fsp3) is 0.556. The Kier molecular flexibility index (Phi) is 2.58. The second kappa shape index (κ2) is 3.73. The molecule has 1 fully saturated rings. The minimum absolute atomic E-state index is 0.0266. The first-order chi connectivity index (χ1) is 6.68. The second-order valence-electron chi connectivity index (χ2n) is 3.58. The normalized spacial score (nSPS) is 17.5.